The lowest BCUT2D eigenvalue weighted by Crippen LogP contribution is -2.21. The molecule has 78 valence electrons. The molecule has 2 rings (SSSR count). The first-order valence-electron chi connectivity index (χ1n) is 4.62. The third-order valence-electron chi connectivity index (χ3n) is 2.44. The fraction of sp³-hybridized carbons (Fsp3) is 0.300. The quantitative estimate of drug-likeness (QED) is 0.652. The highest BCUT2D eigenvalue weighted by molar-refractivity contribution is 5.55. The van der Waals surface area contributed by atoms with Crippen molar-refractivity contribution in [3.8, 4) is 0 Å². The van der Waals surface area contributed by atoms with Gasteiger partial charge in [-0.3, -0.25) is 9.20 Å². The van der Waals surface area contributed by atoms with Gasteiger partial charge >= 0.3 is 0 Å². The third kappa shape index (κ3) is 1.36. The number of aldehydes is 1. The maximum absolute atomic E-state index is 11.9. The average Bonchev–Trinajstić information content (AvgIpc) is 2.55. The molecule has 0 fully saturated rings. The number of aromatic nitrogens is 3. The number of rotatable bonds is 2. The van der Waals surface area contributed by atoms with Crippen LogP contribution in [0, 0.1) is 6.92 Å². The van der Waals surface area contributed by atoms with Crippen LogP contribution in [0.3, 0.4) is 0 Å². The molecule has 0 unspecified atom stereocenters. The van der Waals surface area contributed by atoms with Crippen molar-refractivity contribution >= 4 is 12.1 Å². The van der Waals surface area contributed by atoms with Gasteiger partial charge < -0.3 is 9.36 Å². The van der Waals surface area contributed by atoms with E-state index >= 15 is 0 Å². The summed E-state index contributed by atoms with van der Waals surface area (Å²) in [7, 11) is 1.82. The molecule has 15 heavy (non-hydrogen) atoms. The van der Waals surface area contributed by atoms with Gasteiger partial charge in [0, 0.05) is 31.4 Å². The van der Waals surface area contributed by atoms with Crippen LogP contribution in [0.25, 0.3) is 5.78 Å². The second-order valence-electron chi connectivity index (χ2n) is 3.43. The van der Waals surface area contributed by atoms with Crippen molar-refractivity contribution in [1.82, 2.24) is 14.0 Å². The van der Waals surface area contributed by atoms with E-state index in [0.717, 1.165) is 6.29 Å². The van der Waals surface area contributed by atoms with Gasteiger partial charge in [-0.15, -0.1) is 0 Å². The van der Waals surface area contributed by atoms with Crippen molar-refractivity contribution in [3.05, 3.63) is 34.0 Å². The molecule has 2 aromatic rings. The van der Waals surface area contributed by atoms with E-state index < -0.39 is 0 Å². The maximum Gasteiger partial charge on any atom is 0.262 e. The number of nitrogens with zero attached hydrogens (tertiary/aromatic N) is 3. The van der Waals surface area contributed by atoms with E-state index in [0.29, 0.717) is 17.0 Å². The standard InChI is InChI=1S/C10H11N3O2/c1-7-8(3-6-14)9(15)13-5-4-12(2)10(13)11-7/h4-6H,3H2,1-2H3. The Balaban J connectivity index is 2.85. The Hall–Kier alpha value is -1.91. The first-order chi connectivity index (χ1) is 7.15. The highest BCUT2D eigenvalue weighted by atomic mass is 16.1. The first-order valence-corrected chi connectivity index (χ1v) is 4.62. The summed E-state index contributed by atoms with van der Waals surface area (Å²) in [6.45, 7) is 1.74. The first kappa shape index (κ1) is 9.64. The van der Waals surface area contributed by atoms with E-state index in [1.165, 1.54) is 4.40 Å². The molecule has 2 aromatic heterocycles. The molecule has 0 bridgehead atoms. The molecule has 5 nitrogen and oxygen atoms in total. The van der Waals surface area contributed by atoms with Gasteiger partial charge in [-0.25, -0.2) is 4.98 Å². The minimum Gasteiger partial charge on any atom is -0.320 e. The van der Waals surface area contributed by atoms with Crippen LogP contribution in [0.2, 0.25) is 0 Å². The van der Waals surface area contributed by atoms with E-state index in [-0.39, 0.29) is 12.0 Å². The van der Waals surface area contributed by atoms with Crippen LogP contribution in [0.1, 0.15) is 11.3 Å². The summed E-state index contributed by atoms with van der Waals surface area (Å²) < 4.78 is 3.21. The topological polar surface area (TPSA) is 56.4 Å². The zero-order chi connectivity index (χ0) is 11.0. The molecule has 0 saturated carbocycles. The van der Waals surface area contributed by atoms with Gasteiger partial charge in [0.15, 0.2) is 0 Å². The molecular formula is C10H11N3O2. The molecule has 0 spiro atoms. The molecule has 0 aliphatic rings. The Kier molecular flexibility index (Phi) is 2.15. The Bertz CT molecular complexity index is 580. The van der Waals surface area contributed by atoms with E-state index in [1.807, 2.05) is 7.05 Å². The Morgan fingerprint density at radius 3 is 2.87 bits per heavy atom. The molecule has 0 atom stereocenters. The predicted octanol–water partition coefficient (Wildman–Crippen LogP) is 0.0828. The van der Waals surface area contributed by atoms with Crippen LogP contribution in [0.4, 0.5) is 0 Å². The summed E-state index contributed by atoms with van der Waals surface area (Å²) in [5, 5.41) is 0. The molecule has 2 heterocycles. The number of hydrogen-bond acceptors (Lipinski definition) is 3. The summed E-state index contributed by atoms with van der Waals surface area (Å²) in [5.41, 5.74) is 0.924. The van der Waals surface area contributed by atoms with Crippen molar-refractivity contribution in [2.75, 3.05) is 0 Å². The highest BCUT2D eigenvalue weighted by Crippen LogP contribution is 2.03. The largest absolute Gasteiger partial charge is 0.320 e. The summed E-state index contributed by atoms with van der Waals surface area (Å²) in [6.07, 6.45) is 4.25. The number of aryl methyl sites for hydroxylation is 2. The molecule has 5 heteroatoms. The summed E-state index contributed by atoms with van der Waals surface area (Å²) >= 11 is 0. The second-order valence-corrected chi connectivity index (χ2v) is 3.43. The van der Waals surface area contributed by atoms with E-state index in [4.69, 9.17) is 0 Å². The van der Waals surface area contributed by atoms with Crippen molar-refractivity contribution in [1.29, 1.82) is 0 Å². The van der Waals surface area contributed by atoms with Gasteiger partial charge in [-0.1, -0.05) is 0 Å². The lowest BCUT2D eigenvalue weighted by atomic mass is 10.2. The van der Waals surface area contributed by atoms with Gasteiger partial charge in [0.1, 0.15) is 6.29 Å². The normalized spacial score (nSPS) is 10.8. The van der Waals surface area contributed by atoms with Crippen molar-refractivity contribution in [3.63, 3.8) is 0 Å². The number of carbonyl (C=O) groups excluding carboxylic acids is 1. The zero-order valence-corrected chi connectivity index (χ0v) is 8.60. The number of hydrogen-bond donors (Lipinski definition) is 0. The van der Waals surface area contributed by atoms with Crippen LogP contribution in [-0.4, -0.2) is 20.2 Å². The molecule has 0 amide bonds. The van der Waals surface area contributed by atoms with Crippen molar-refractivity contribution in [2.45, 2.75) is 13.3 Å². The van der Waals surface area contributed by atoms with Gasteiger partial charge in [0.2, 0.25) is 5.78 Å². The zero-order valence-electron chi connectivity index (χ0n) is 8.60. The summed E-state index contributed by atoms with van der Waals surface area (Å²) in [6, 6.07) is 0. The minimum absolute atomic E-state index is 0.121. The van der Waals surface area contributed by atoms with Crippen LogP contribution < -0.4 is 5.56 Å². The lowest BCUT2D eigenvalue weighted by Gasteiger charge is -2.02. The van der Waals surface area contributed by atoms with Gasteiger partial charge in [-0.05, 0) is 6.92 Å². The Morgan fingerprint density at radius 2 is 2.20 bits per heavy atom. The van der Waals surface area contributed by atoms with Gasteiger partial charge in [-0.2, -0.15) is 0 Å². The lowest BCUT2D eigenvalue weighted by molar-refractivity contribution is -0.107. The van der Waals surface area contributed by atoms with Crippen molar-refractivity contribution in [2.24, 2.45) is 7.05 Å². The monoisotopic (exact) mass is 205 g/mol. The molecule has 0 N–H and O–H groups in total. The third-order valence-corrected chi connectivity index (χ3v) is 2.44. The van der Waals surface area contributed by atoms with E-state index in [1.54, 1.807) is 23.9 Å². The van der Waals surface area contributed by atoms with Crippen molar-refractivity contribution < 1.29 is 4.79 Å². The predicted molar refractivity (Wildman–Crippen MR) is 54.9 cm³/mol. The molecule has 0 aliphatic carbocycles. The van der Waals surface area contributed by atoms with Gasteiger partial charge in [0.05, 0.1) is 5.69 Å². The average molecular weight is 205 g/mol. The van der Waals surface area contributed by atoms with Gasteiger partial charge in [0.25, 0.3) is 5.56 Å². The second kappa shape index (κ2) is 3.34. The fourth-order valence-corrected chi connectivity index (χ4v) is 1.60. The molecule has 0 aromatic carbocycles. The SMILES string of the molecule is Cc1nc2n(C)ccn2c(=O)c1CC=O. The molecule has 0 radical (unpaired) electrons. The maximum atomic E-state index is 11.9. The smallest absolute Gasteiger partial charge is 0.262 e. The Morgan fingerprint density at radius 1 is 1.47 bits per heavy atom. The highest BCUT2D eigenvalue weighted by Gasteiger charge is 2.10. The molecule has 0 saturated heterocycles. The molecule has 0 aliphatic heterocycles. The van der Waals surface area contributed by atoms with E-state index in [9.17, 15) is 9.59 Å². The number of imidazole rings is 1. The number of carbonyl (C=O) groups is 1. The van der Waals surface area contributed by atoms with E-state index in [2.05, 4.69) is 4.98 Å². The van der Waals surface area contributed by atoms with Crippen LogP contribution >= 0.6 is 0 Å². The molecular weight excluding hydrogens is 194 g/mol. The fourth-order valence-electron chi connectivity index (χ4n) is 1.60. The summed E-state index contributed by atoms with van der Waals surface area (Å²) in [4.78, 5) is 26.6. The minimum atomic E-state index is -0.162. The number of fused-ring (bicyclic) bond motifs is 1. The Labute approximate surface area is 86.0 Å². The van der Waals surface area contributed by atoms with Crippen LogP contribution in [-0.2, 0) is 18.3 Å². The van der Waals surface area contributed by atoms with Crippen LogP contribution in [0.15, 0.2) is 17.2 Å². The summed E-state index contributed by atoms with van der Waals surface area (Å²) in [5.74, 6) is 0.590. The van der Waals surface area contributed by atoms with Crippen LogP contribution in [0.5, 0.6) is 0 Å².